The van der Waals surface area contributed by atoms with E-state index in [0.717, 1.165) is 18.0 Å². The Kier molecular flexibility index (Phi) is 2.67. The maximum atomic E-state index is 5.62. The van der Waals surface area contributed by atoms with Crippen LogP contribution in [0.15, 0.2) is 36.2 Å². The molecule has 4 heteroatoms. The van der Waals surface area contributed by atoms with E-state index in [9.17, 15) is 0 Å². The van der Waals surface area contributed by atoms with E-state index in [-0.39, 0.29) is 0 Å². The fraction of sp³-hybridized carbons (Fsp3) is 0.273. The number of benzene rings is 1. The number of rotatable bonds is 3. The van der Waals surface area contributed by atoms with Crippen molar-refractivity contribution in [3.8, 4) is 5.75 Å². The van der Waals surface area contributed by atoms with E-state index in [0.29, 0.717) is 12.4 Å². The smallest absolute Gasteiger partial charge is 0.119 e. The van der Waals surface area contributed by atoms with Gasteiger partial charge in [-0.1, -0.05) is 0 Å². The van der Waals surface area contributed by atoms with E-state index in [4.69, 9.17) is 10.5 Å². The lowest BCUT2D eigenvalue weighted by Crippen LogP contribution is -2.33. The van der Waals surface area contributed by atoms with Crippen LogP contribution in [0.3, 0.4) is 0 Å². The average molecular weight is 205 g/mol. The van der Waals surface area contributed by atoms with Crippen molar-refractivity contribution < 1.29 is 4.74 Å². The number of nitrogens with two attached hydrogens (primary N) is 1. The summed E-state index contributed by atoms with van der Waals surface area (Å²) >= 11 is 0. The summed E-state index contributed by atoms with van der Waals surface area (Å²) in [6.07, 6.45) is 1.94. The molecule has 0 saturated heterocycles. The van der Waals surface area contributed by atoms with E-state index in [1.165, 1.54) is 0 Å². The fourth-order valence-electron chi connectivity index (χ4n) is 1.50. The van der Waals surface area contributed by atoms with Crippen molar-refractivity contribution in [3.63, 3.8) is 0 Å². The normalized spacial score (nSPS) is 14.7. The zero-order chi connectivity index (χ0) is 10.7. The monoisotopic (exact) mass is 205 g/mol. The number of nitrogens with one attached hydrogen (secondary N) is 1. The second-order valence-electron chi connectivity index (χ2n) is 3.31. The highest BCUT2D eigenvalue weighted by Gasteiger charge is 2.10. The van der Waals surface area contributed by atoms with Crippen molar-refractivity contribution in [1.29, 1.82) is 0 Å². The van der Waals surface area contributed by atoms with Crippen LogP contribution in [0, 0.1) is 0 Å². The minimum atomic E-state index is 0.690. The Morgan fingerprint density at radius 2 is 2.13 bits per heavy atom. The lowest BCUT2D eigenvalue weighted by Gasteiger charge is -2.19. The summed E-state index contributed by atoms with van der Waals surface area (Å²) in [5.41, 5.74) is 9.76. The Bertz CT molecular complexity index is 359. The number of hydrogen-bond acceptors (Lipinski definition) is 4. The lowest BCUT2D eigenvalue weighted by molar-refractivity contribution is 0.340. The van der Waals surface area contributed by atoms with Gasteiger partial charge in [-0.25, -0.2) is 0 Å². The van der Waals surface area contributed by atoms with Crippen LogP contribution in [0.25, 0.3) is 0 Å². The van der Waals surface area contributed by atoms with Crippen LogP contribution in [0.5, 0.6) is 5.75 Å². The highest BCUT2D eigenvalue weighted by molar-refractivity contribution is 5.50. The maximum Gasteiger partial charge on any atom is 0.119 e. The van der Waals surface area contributed by atoms with Crippen LogP contribution in [0.1, 0.15) is 6.92 Å². The Morgan fingerprint density at radius 1 is 1.40 bits per heavy atom. The molecular weight excluding hydrogens is 190 g/mol. The first-order valence-electron chi connectivity index (χ1n) is 5.02. The summed E-state index contributed by atoms with van der Waals surface area (Å²) in [7, 11) is 0. The second-order valence-corrected chi connectivity index (χ2v) is 3.31. The maximum absolute atomic E-state index is 5.62. The SMILES string of the molecule is CCOc1ccc(N2CC=C(N)N2)cc1. The molecule has 0 radical (unpaired) electrons. The first kappa shape index (κ1) is 9.71. The van der Waals surface area contributed by atoms with Gasteiger partial charge in [0.15, 0.2) is 0 Å². The van der Waals surface area contributed by atoms with Gasteiger partial charge in [-0.2, -0.15) is 0 Å². The zero-order valence-electron chi connectivity index (χ0n) is 8.73. The molecule has 2 rings (SSSR count). The third-order valence-electron chi connectivity index (χ3n) is 2.22. The number of hydrogen-bond donors (Lipinski definition) is 2. The molecule has 0 unspecified atom stereocenters. The molecule has 15 heavy (non-hydrogen) atoms. The molecule has 0 amide bonds. The Hall–Kier alpha value is -1.84. The molecule has 0 fully saturated rings. The van der Waals surface area contributed by atoms with Crippen molar-refractivity contribution in [3.05, 3.63) is 36.2 Å². The summed E-state index contributed by atoms with van der Waals surface area (Å²) in [5.74, 6) is 1.59. The minimum absolute atomic E-state index is 0.690. The van der Waals surface area contributed by atoms with Crippen molar-refractivity contribution in [2.24, 2.45) is 5.73 Å². The second kappa shape index (κ2) is 4.13. The lowest BCUT2D eigenvalue weighted by atomic mass is 10.3. The molecule has 0 spiro atoms. The van der Waals surface area contributed by atoms with Crippen molar-refractivity contribution in [1.82, 2.24) is 5.43 Å². The third-order valence-corrected chi connectivity index (χ3v) is 2.22. The van der Waals surface area contributed by atoms with Gasteiger partial charge in [0.2, 0.25) is 0 Å². The molecule has 4 nitrogen and oxygen atoms in total. The topological polar surface area (TPSA) is 50.5 Å². The predicted octanol–water partition coefficient (Wildman–Crippen LogP) is 1.21. The van der Waals surface area contributed by atoms with Gasteiger partial charge >= 0.3 is 0 Å². The van der Waals surface area contributed by atoms with Gasteiger partial charge in [0.25, 0.3) is 0 Å². The highest BCUT2D eigenvalue weighted by Crippen LogP contribution is 2.19. The van der Waals surface area contributed by atoms with E-state index in [1.54, 1.807) is 0 Å². The molecule has 0 aromatic heterocycles. The van der Waals surface area contributed by atoms with Crippen LogP contribution < -0.4 is 20.9 Å². The number of hydrazine groups is 1. The molecule has 0 atom stereocenters. The van der Waals surface area contributed by atoms with E-state index < -0.39 is 0 Å². The van der Waals surface area contributed by atoms with Gasteiger partial charge < -0.3 is 10.5 Å². The van der Waals surface area contributed by atoms with Crippen LogP contribution in [-0.4, -0.2) is 13.2 Å². The summed E-state index contributed by atoms with van der Waals surface area (Å²) in [5, 5.41) is 1.98. The predicted molar refractivity (Wildman–Crippen MR) is 60.4 cm³/mol. The van der Waals surface area contributed by atoms with Crippen LogP contribution in [0.4, 0.5) is 5.69 Å². The largest absolute Gasteiger partial charge is 0.494 e. The molecular formula is C11H15N3O. The number of anilines is 1. The van der Waals surface area contributed by atoms with E-state index in [1.807, 2.05) is 42.3 Å². The molecule has 80 valence electrons. The van der Waals surface area contributed by atoms with Crippen molar-refractivity contribution >= 4 is 5.69 Å². The standard InChI is InChI=1S/C11H15N3O/c1-2-15-10-5-3-9(4-6-10)14-8-7-11(12)13-14/h3-7,13H,2,8,12H2,1H3. The Morgan fingerprint density at radius 3 is 2.67 bits per heavy atom. The summed E-state index contributed by atoms with van der Waals surface area (Å²) in [4.78, 5) is 0. The molecule has 3 N–H and O–H groups in total. The van der Waals surface area contributed by atoms with Gasteiger partial charge in [0.05, 0.1) is 18.8 Å². The molecule has 1 aromatic carbocycles. The van der Waals surface area contributed by atoms with Crippen LogP contribution >= 0.6 is 0 Å². The summed E-state index contributed by atoms with van der Waals surface area (Å²) < 4.78 is 5.37. The molecule has 1 aromatic rings. The van der Waals surface area contributed by atoms with Gasteiger partial charge in [0.1, 0.15) is 11.6 Å². The molecule has 0 bridgehead atoms. The summed E-state index contributed by atoms with van der Waals surface area (Å²) in [6, 6.07) is 7.92. The molecule has 1 heterocycles. The van der Waals surface area contributed by atoms with Crippen LogP contribution in [-0.2, 0) is 0 Å². The average Bonchev–Trinajstić information content (AvgIpc) is 2.67. The van der Waals surface area contributed by atoms with Crippen molar-refractivity contribution in [2.75, 3.05) is 18.2 Å². The minimum Gasteiger partial charge on any atom is -0.494 e. The fourth-order valence-corrected chi connectivity index (χ4v) is 1.50. The molecule has 0 aliphatic carbocycles. The number of ether oxygens (including phenoxy) is 1. The first-order valence-corrected chi connectivity index (χ1v) is 5.02. The third kappa shape index (κ3) is 2.15. The van der Waals surface area contributed by atoms with Gasteiger partial charge in [-0.3, -0.25) is 10.4 Å². The van der Waals surface area contributed by atoms with Crippen LogP contribution in [0.2, 0.25) is 0 Å². The van der Waals surface area contributed by atoms with Gasteiger partial charge in [-0.15, -0.1) is 0 Å². The molecule has 1 aliphatic heterocycles. The Labute approximate surface area is 89.3 Å². The molecule has 0 saturated carbocycles. The van der Waals surface area contributed by atoms with E-state index in [2.05, 4.69) is 5.43 Å². The van der Waals surface area contributed by atoms with E-state index >= 15 is 0 Å². The van der Waals surface area contributed by atoms with Gasteiger partial charge in [0, 0.05) is 0 Å². The highest BCUT2D eigenvalue weighted by atomic mass is 16.5. The quantitative estimate of drug-likeness (QED) is 0.778. The number of nitrogens with zero attached hydrogens (tertiary/aromatic N) is 1. The first-order chi connectivity index (χ1) is 7.29. The van der Waals surface area contributed by atoms with Gasteiger partial charge in [-0.05, 0) is 37.3 Å². The molecule has 1 aliphatic rings. The Balaban J connectivity index is 2.04. The van der Waals surface area contributed by atoms with Crippen molar-refractivity contribution in [2.45, 2.75) is 6.92 Å². The summed E-state index contributed by atoms with van der Waals surface area (Å²) in [6.45, 7) is 3.45. The zero-order valence-corrected chi connectivity index (χ0v) is 8.73.